The van der Waals surface area contributed by atoms with Gasteiger partial charge in [0, 0.05) is 38.9 Å². The minimum Gasteiger partial charge on any atom is -0.380 e. The van der Waals surface area contributed by atoms with Gasteiger partial charge in [0.15, 0.2) is 0 Å². The third-order valence-electron chi connectivity index (χ3n) is 2.64. The van der Waals surface area contributed by atoms with Gasteiger partial charge in [0.1, 0.15) is 6.04 Å². The second-order valence-electron chi connectivity index (χ2n) is 4.70. The minimum atomic E-state index is -0.150. The van der Waals surface area contributed by atoms with Crippen LogP contribution in [-0.2, 0) is 9.47 Å². The molecule has 1 atom stereocenters. The lowest BCUT2D eigenvalue weighted by Crippen LogP contribution is -2.45. The van der Waals surface area contributed by atoms with Crippen molar-refractivity contribution in [3.63, 3.8) is 0 Å². The SMILES string of the molecule is CCOCCN(CCOCC)CC(C#N)NC(C)C. The van der Waals surface area contributed by atoms with Gasteiger partial charge in [-0.3, -0.25) is 10.2 Å². The molecule has 0 rings (SSSR count). The molecule has 0 heterocycles. The van der Waals surface area contributed by atoms with Crippen molar-refractivity contribution in [2.45, 2.75) is 39.8 Å². The summed E-state index contributed by atoms with van der Waals surface area (Å²) in [5, 5.41) is 12.4. The van der Waals surface area contributed by atoms with Crippen LogP contribution in [0.25, 0.3) is 0 Å². The Morgan fingerprint density at radius 1 is 1.11 bits per heavy atom. The van der Waals surface area contributed by atoms with E-state index in [0.29, 0.717) is 25.8 Å². The highest BCUT2D eigenvalue weighted by atomic mass is 16.5. The molecule has 0 aliphatic heterocycles. The van der Waals surface area contributed by atoms with Gasteiger partial charge in [-0.15, -0.1) is 0 Å². The molecule has 0 aromatic carbocycles. The third kappa shape index (κ3) is 10.9. The van der Waals surface area contributed by atoms with Gasteiger partial charge in [-0.1, -0.05) is 0 Å². The maximum atomic E-state index is 9.17. The number of nitriles is 1. The fourth-order valence-electron chi connectivity index (χ4n) is 1.76. The van der Waals surface area contributed by atoms with Crippen molar-refractivity contribution in [1.82, 2.24) is 10.2 Å². The molecule has 0 radical (unpaired) electrons. The molecule has 0 bridgehead atoms. The van der Waals surface area contributed by atoms with Gasteiger partial charge < -0.3 is 9.47 Å². The summed E-state index contributed by atoms with van der Waals surface area (Å²) in [5.41, 5.74) is 0. The first kappa shape index (κ1) is 18.3. The minimum absolute atomic E-state index is 0.150. The van der Waals surface area contributed by atoms with Crippen LogP contribution < -0.4 is 5.32 Å². The smallest absolute Gasteiger partial charge is 0.108 e. The lowest BCUT2D eigenvalue weighted by Gasteiger charge is -2.25. The van der Waals surface area contributed by atoms with Gasteiger partial charge in [0.2, 0.25) is 0 Å². The van der Waals surface area contributed by atoms with Crippen LogP contribution in [-0.4, -0.2) is 63.0 Å². The molecule has 0 spiro atoms. The summed E-state index contributed by atoms with van der Waals surface area (Å²) in [7, 11) is 0. The summed E-state index contributed by atoms with van der Waals surface area (Å²) >= 11 is 0. The molecular formula is C14H29N3O2. The molecule has 5 nitrogen and oxygen atoms in total. The number of ether oxygens (including phenoxy) is 2. The maximum absolute atomic E-state index is 9.17. The molecule has 0 aliphatic carbocycles. The highest BCUT2D eigenvalue weighted by molar-refractivity contribution is 4.93. The van der Waals surface area contributed by atoms with E-state index in [4.69, 9.17) is 14.7 Å². The average Bonchev–Trinajstić information content (AvgIpc) is 2.37. The zero-order valence-corrected chi connectivity index (χ0v) is 12.8. The Bertz CT molecular complexity index is 231. The van der Waals surface area contributed by atoms with Crippen molar-refractivity contribution in [3.05, 3.63) is 0 Å². The van der Waals surface area contributed by atoms with Gasteiger partial charge >= 0.3 is 0 Å². The molecule has 112 valence electrons. The van der Waals surface area contributed by atoms with Crippen LogP contribution >= 0.6 is 0 Å². The quantitative estimate of drug-likeness (QED) is 0.541. The first-order chi connectivity index (χ1) is 9.13. The topological polar surface area (TPSA) is 57.5 Å². The van der Waals surface area contributed by atoms with Crippen LogP contribution in [0.15, 0.2) is 0 Å². The Balaban J connectivity index is 4.16. The van der Waals surface area contributed by atoms with E-state index in [0.717, 1.165) is 26.3 Å². The van der Waals surface area contributed by atoms with E-state index in [2.05, 4.69) is 30.1 Å². The zero-order chi connectivity index (χ0) is 14.5. The van der Waals surface area contributed by atoms with E-state index in [1.54, 1.807) is 0 Å². The molecular weight excluding hydrogens is 242 g/mol. The molecule has 1 unspecified atom stereocenters. The largest absolute Gasteiger partial charge is 0.380 e. The first-order valence-corrected chi connectivity index (χ1v) is 7.17. The Morgan fingerprint density at radius 2 is 1.63 bits per heavy atom. The highest BCUT2D eigenvalue weighted by Gasteiger charge is 2.14. The van der Waals surface area contributed by atoms with Crippen LogP contribution in [0, 0.1) is 11.3 Å². The number of hydrogen-bond acceptors (Lipinski definition) is 5. The van der Waals surface area contributed by atoms with E-state index < -0.39 is 0 Å². The number of nitrogens with zero attached hydrogens (tertiary/aromatic N) is 2. The van der Waals surface area contributed by atoms with Crippen molar-refractivity contribution in [1.29, 1.82) is 5.26 Å². The van der Waals surface area contributed by atoms with Crippen molar-refractivity contribution in [2.75, 3.05) is 46.1 Å². The summed E-state index contributed by atoms with van der Waals surface area (Å²) in [6, 6.07) is 2.47. The van der Waals surface area contributed by atoms with Gasteiger partial charge in [-0.05, 0) is 27.7 Å². The molecule has 19 heavy (non-hydrogen) atoms. The van der Waals surface area contributed by atoms with E-state index in [-0.39, 0.29) is 6.04 Å². The van der Waals surface area contributed by atoms with E-state index >= 15 is 0 Å². The van der Waals surface area contributed by atoms with Crippen LogP contribution in [0.3, 0.4) is 0 Å². The summed E-state index contributed by atoms with van der Waals surface area (Å²) in [5.74, 6) is 0. The molecule has 0 aliphatic rings. The molecule has 0 fully saturated rings. The van der Waals surface area contributed by atoms with Gasteiger partial charge in [-0.25, -0.2) is 0 Å². The van der Waals surface area contributed by atoms with Crippen molar-refractivity contribution in [3.8, 4) is 6.07 Å². The van der Waals surface area contributed by atoms with Crippen molar-refractivity contribution in [2.24, 2.45) is 0 Å². The molecule has 0 amide bonds. The zero-order valence-electron chi connectivity index (χ0n) is 12.8. The van der Waals surface area contributed by atoms with Crippen LogP contribution in [0.4, 0.5) is 0 Å². The average molecular weight is 271 g/mol. The molecule has 0 aromatic heterocycles. The lowest BCUT2D eigenvalue weighted by atomic mass is 10.2. The van der Waals surface area contributed by atoms with E-state index in [1.165, 1.54) is 0 Å². The molecule has 0 aromatic rings. The third-order valence-corrected chi connectivity index (χ3v) is 2.64. The highest BCUT2D eigenvalue weighted by Crippen LogP contribution is 1.95. The Kier molecular flexibility index (Phi) is 11.9. The predicted molar refractivity (Wildman–Crippen MR) is 77.1 cm³/mol. The Hall–Kier alpha value is -0.670. The Labute approximate surface area is 117 Å². The van der Waals surface area contributed by atoms with Gasteiger partial charge in [0.25, 0.3) is 0 Å². The second-order valence-corrected chi connectivity index (χ2v) is 4.70. The molecule has 1 N–H and O–H groups in total. The fourth-order valence-corrected chi connectivity index (χ4v) is 1.76. The summed E-state index contributed by atoms with van der Waals surface area (Å²) in [4.78, 5) is 2.22. The Morgan fingerprint density at radius 3 is 2.00 bits per heavy atom. The normalized spacial score (nSPS) is 12.9. The fraction of sp³-hybridized carbons (Fsp3) is 0.929. The number of rotatable bonds is 12. The van der Waals surface area contributed by atoms with E-state index in [1.807, 2.05) is 13.8 Å². The summed E-state index contributed by atoms with van der Waals surface area (Å²) in [6.45, 7) is 13.3. The summed E-state index contributed by atoms with van der Waals surface area (Å²) < 4.78 is 10.8. The van der Waals surface area contributed by atoms with Gasteiger partial charge in [0.05, 0.1) is 19.3 Å². The van der Waals surface area contributed by atoms with Crippen LogP contribution in [0.1, 0.15) is 27.7 Å². The number of nitrogens with one attached hydrogen (secondary N) is 1. The number of hydrogen-bond donors (Lipinski definition) is 1. The molecule has 0 saturated carbocycles. The lowest BCUT2D eigenvalue weighted by molar-refractivity contribution is 0.0805. The maximum Gasteiger partial charge on any atom is 0.108 e. The standard InChI is InChI=1S/C14H29N3O2/c1-5-18-9-7-17(8-10-19-6-2)12-14(11-15)16-13(3)4/h13-14,16H,5-10,12H2,1-4H3. The van der Waals surface area contributed by atoms with E-state index in [9.17, 15) is 0 Å². The van der Waals surface area contributed by atoms with Crippen molar-refractivity contribution >= 4 is 0 Å². The molecule has 0 saturated heterocycles. The summed E-state index contributed by atoms with van der Waals surface area (Å²) in [6.07, 6.45) is 0. The van der Waals surface area contributed by atoms with Crippen LogP contribution in [0.5, 0.6) is 0 Å². The van der Waals surface area contributed by atoms with Crippen molar-refractivity contribution < 1.29 is 9.47 Å². The second kappa shape index (κ2) is 12.4. The van der Waals surface area contributed by atoms with Gasteiger partial charge in [-0.2, -0.15) is 5.26 Å². The monoisotopic (exact) mass is 271 g/mol. The predicted octanol–water partition coefficient (Wildman–Crippen LogP) is 1.25. The molecule has 5 heteroatoms. The van der Waals surface area contributed by atoms with Crippen LogP contribution in [0.2, 0.25) is 0 Å². The first-order valence-electron chi connectivity index (χ1n) is 7.17.